The van der Waals surface area contributed by atoms with E-state index in [1.165, 1.54) is 22.8 Å². The van der Waals surface area contributed by atoms with E-state index in [0.29, 0.717) is 36.6 Å². The number of amides is 1. The molecule has 4 heterocycles. The third-order valence-electron chi connectivity index (χ3n) is 7.34. The third kappa shape index (κ3) is 4.81. The Bertz CT molecular complexity index is 1730. The molecule has 11 heteroatoms. The maximum atomic E-state index is 15.8. The van der Waals surface area contributed by atoms with Gasteiger partial charge in [-0.25, -0.2) is 23.1 Å². The fraction of sp³-hybridized carbons (Fsp3) is 0.300. The van der Waals surface area contributed by atoms with Crippen LogP contribution in [0.2, 0.25) is 0 Å². The van der Waals surface area contributed by atoms with Crippen LogP contribution in [-0.2, 0) is 4.79 Å². The second-order valence-corrected chi connectivity index (χ2v) is 10.4. The average Bonchev–Trinajstić information content (AvgIpc) is 2.93. The molecule has 0 bridgehead atoms. The summed E-state index contributed by atoms with van der Waals surface area (Å²) in [4.78, 5) is 43.0. The number of aryl methyl sites for hydroxylation is 1. The van der Waals surface area contributed by atoms with Crippen LogP contribution >= 0.6 is 0 Å². The summed E-state index contributed by atoms with van der Waals surface area (Å²) < 4.78 is 31.9. The lowest BCUT2D eigenvalue weighted by molar-refractivity contribution is -0.128. The van der Waals surface area contributed by atoms with E-state index in [-0.39, 0.29) is 34.7 Å². The van der Waals surface area contributed by atoms with Crippen molar-refractivity contribution < 1.29 is 18.7 Å². The lowest BCUT2D eigenvalue weighted by Gasteiger charge is -2.40. The van der Waals surface area contributed by atoms with Gasteiger partial charge in [0, 0.05) is 31.9 Å². The number of aromatic hydroxyl groups is 1. The van der Waals surface area contributed by atoms with Crippen LogP contribution in [0.1, 0.15) is 37.9 Å². The van der Waals surface area contributed by atoms with Crippen molar-refractivity contribution in [3.63, 3.8) is 0 Å². The van der Waals surface area contributed by atoms with E-state index in [2.05, 4.69) is 21.5 Å². The van der Waals surface area contributed by atoms with Crippen LogP contribution in [0.15, 0.2) is 54.0 Å². The Balaban J connectivity index is 1.82. The topological polar surface area (TPSA) is 104 Å². The molecule has 5 rings (SSSR count). The third-order valence-corrected chi connectivity index (χ3v) is 7.34. The predicted molar refractivity (Wildman–Crippen MR) is 152 cm³/mol. The highest BCUT2D eigenvalue weighted by molar-refractivity contribution is 5.91. The van der Waals surface area contributed by atoms with E-state index in [9.17, 15) is 19.1 Å². The van der Waals surface area contributed by atoms with Crippen molar-refractivity contribution in [3.05, 3.63) is 82.6 Å². The number of nitrogens with zero attached hydrogens (tertiary/aromatic N) is 6. The first-order chi connectivity index (χ1) is 19.5. The maximum absolute atomic E-state index is 15.8. The van der Waals surface area contributed by atoms with E-state index < -0.39 is 34.3 Å². The molecule has 9 nitrogen and oxygen atoms in total. The number of phenolic OH excluding ortho intramolecular Hbond substituents is 1. The van der Waals surface area contributed by atoms with Crippen molar-refractivity contribution in [3.8, 4) is 22.7 Å². The summed E-state index contributed by atoms with van der Waals surface area (Å²) in [5.74, 6) is -2.35. The summed E-state index contributed by atoms with van der Waals surface area (Å²) in [5, 5.41) is 10.7. The molecule has 1 fully saturated rings. The maximum Gasteiger partial charge on any atom is 0.355 e. The molecular weight excluding hydrogens is 530 g/mol. The van der Waals surface area contributed by atoms with Gasteiger partial charge in [0.2, 0.25) is 5.91 Å². The molecule has 1 aliphatic rings. The first kappa shape index (κ1) is 27.9. The Hall–Kier alpha value is -4.67. The Kier molecular flexibility index (Phi) is 7.29. The van der Waals surface area contributed by atoms with E-state index in [0.717, 1.165) is 12.1 Å². The van der Waals surface area contributed by atoms with Gasteiger partial charge >= 0.3 is 5.69 Å². The monoisotopic (exact) mass is 560 g/mol. The van der Waals surface area contributed by atoms with E-state index in [4.69, 9.17) is 0 Å². The molecule has 1 aromatic carbocycles. The quantitative estimate of drug-likeness (QED) is 0.359. The van der Waals surface area contributed by atoms with Crippen LogP contribution in [0.5, 0.6) is 5.75 Å². The molecule has 1 amide bonds. The van der Waals surface area contributed by atoms with Crippen molar-refractivity contribution in [2.75, 3.05) is 24.5 Å². The number of hydrogen-bond acceptors (Lipinski definition) is 7. The summed E-state index contributed by atoms with van der Waals surface area (Å²) >= 11 is 0. The van der Waals surface area contributed by atoms with Crippen molar-refractivity contribution >= 4 is 22.8 Å². The highest BCUT2D eigenvalue weighted by Gasteiger charge is 2.30. The summed E-state index contributed by atoms with van der Waals surface area (Å²) in [6.45, 7) is 12.1. The van der Waals surface area contributed by atoms with Crippen LogP contribution in [0.3, 0.4) is 0 Å². The van der Waals surface area contributed by atoms with Gasteiger partial charge in [0.05, 0.1) is 22.3 Å². The second kappa shape index (κ2) is 10.7. The molecule has 1 atom stereocenters. The van der Waals surface area contributed by atoms with Crippen LogP contribution < -0.4 is 10.6 Å². The fourth-order valence-corrected chi connectivity index (χ4v) is 5.35. The number of carbonyl (C=O) groups is 1. The van der Waals surface area contributed by atoms with E-state index >= 15 is 4.39 Å². The van der Waals surface area contributed by atoms with E-state index in [1.54, 1.807) is 17.2 Å². The highest BCUT2D eigenvalue weighted by Crippen LogP contribution is 2.36. The molecule has 4 aromatic rings. The summed E-state index contributed by atoms with van der Waals surface area (Å²) in [5.41, 5.74) is 0.277. The molecule has 0 unspecified atom stereocenters. The number of phenols is 1. The van der Waals surface area contributed by atoms with Crippen molar-refractivity contribution in [2.45, 2.75) is 39.7 Å². The number of piperazine rings is 1. The Morgan fingerprint density at radius 1 is 1.17 bits per heavy atom. The normalized spacial score (nSPS) is 15.5. The molecule has 212 valence electrons. The lowest BCUT2D eigenvalue weighted by atomic mass is 10.0. The summed E-state index contributed by atoms with van der Waals surface area (Å²) in [6, 6.07) is 6.30. The van der Waals surface area contributed by atoms with Crippen LogP contribution in [0.4, 0.5) is 14.6 Å². The first-order valence-corrected chi connectivity index (χ1v) is 13.3. The number of hydrogen-bond donors (Lipinski definition) is 1. The Morgan fingerprint density at radius 2 is 1.93 bits per heavy atom. The standard InChI is InChI=1S/C30H30F2N6O3/c1-6-23(40)37-13-12-36(15-18(37)5)28-19-14-21(32)26(24-20(31)8-7-9-22(24)39)34-29(19)38(30(41)35-28)27-17(4)10-11-33-25(27)16(2)3/h6-11,14,16,18,39H,1,12-13,15H2,2-5H3/t18-/m1/s1. The molecule has 1 N–H and O–H groups in total. The number of halogens is 2. The zero-order valence-electron chi connectivity index (χ0n) is 23.2. The molecular formula is C30H30F2N6O3. The van der Waals surface area contributed by atoms with Gasteiger partial charge in [-0.1, -0.05) is 26.5 Å². The first-order valence-electron chi connectivity index (χ1n) is 13.3. The van der Waals surface area contributed by atoms with Gasteiger partial charge in [0.25, 0.3) is 0 Å². The van der Waals surface area contributed by atoms with Gasteiger partial charge in [-0.05, 0) is 55.7 Å². The number of benzene rings is 1. The Labute approximate surface area is 235 Å². The number of pyridine rings is 2. The highest BCUT2D eigenvalue weighted by atomic mass is 19.1. The number of aromatic nitrogens is 4. The van der Waals surface area contributed by atoms with Gasteiger partial charge < -0.3 is 14.9 Å². The minimum absolute atomic E-state index is 0.0364. The van der Waals surface area contributed by atoms with Crippen molar-refractivity contribution in [1.82, 2.24) is 24.4 Å². The lowest BCUT2D eigenvalue weighted by Crippen LogP contribution is -2.54. The number of anilines is 1. The second-order valence-electron chi connectivity index (χ2n) is 10.4. The van der Waals surface area contributed by atoms with Crippen LogP contribution in [0, 0.1) is 18.6 Å². The molecule has 0 spiro atoms. The van der Waals surface area contributed by atoms with E-state index in [1.807, 2.05) is 32.6 Å². The summed E-state index contributed by atoms with van der Waals surface area (Å²) in [6.07, 6.45) is 2.90. The largest absolute Gasteiger partial charge is 0.507 e. The van der Waals surface area contributed by atoms with Crippen LogP contribution in [0.25, 0.3) is 28.0 Å². The Morgan fingerprint density at radius 3 is 2.59 bits per heavy atom. The van der Waals surface area contributed by atoms with Gasteiger partial charge in [-0.3, -0.25) is 9.78 Å². The van der Waals surface area contributed by atoms with Gasteiger partial charge in [0.1, 0.15) is 23.1 Å². The number of fused-ring (bicyclic) bond motifs is 1. The minimum atomic E-state index is -0.897. The fourth-order valence-electron chi connectivity index (χ4n) is 5.35. The smallest absolute Gasteiger partial charge is 0.355 e. The zero-order valence-corrected chi connectivity index (χ0v) is 23.2. The number of rotatable bonds is 5. The van der Waals surface area contributed by atoms with Gasteiger partial charge in [-0.2, -0.15) is 4.98 Å². The minimum Gasteiger partial charge on any atom is -0.507 e. The van der Waals surface area contributed by atoms with Gasteiger partial charge in [-0.15, -0.1) is 0 Å². The van der Waals surface area contributed by atoms with Crippen LogP contribution in [-0.4, -0.2) is 61.1 Å². The van der Waals surface area contributed by atoms with Gasteiger partial charge in [0.15, 0.2) is 11.5 Å². The average molecular weight is 561 g/mol. The molecule has 0 radical (unpaired) electrons. The van der Waals surface area contributed by atoms with Crippen molar-refractivity contribution in [2.24, 2.45) is 0 Å². The summed E-state index contributed by atoms with van der Waals surface area (Å²) in [7, 11) is 0. The molecule has 3 aromatic heterocycles. The van der Waals surface area contributed by atoms with Crippen molar-refractivity contribution in [1.29, 1.82) is 0 Å². The SMILES string of the molecule is C=CC(=O)N1CCN(c2nc(=O)n(-c3c(C)ccnc3C(C)C)c3nc(-c4c(O)cccc4F)c(F)cc23)C[C@H]1C. The molecule has 1 aliphatic heterocycles. The molecule has 0 aliphatic carbocycles. The molecule has 41 heavy (non-hydrogen) atoms. The number of carbonyl (C=O) groups excluding carboxylic acids is 1. The molecule has 1 saturated heterocycles. The predicted octanol–water partition coefficient (Wildman–Crippen LogP) is 4.48. The zero-order chi connectivity index (χ0) is 29.6. The molecule has 0 saturated carbocycles.